The maximum absolute atomic E-state index is 12.4. The van der Waals surface area contributed by atoms with E-state index in [1.165, 1.54) is 22.9 Å². The zero-order valence-electron chi connectivity index (χ0n) is 16.1. The molecule has 1 N–H and O–H groups in total. The maximum Gasteiger partial charge on any atom is 0.230 e. The van der Waals surface area contributed by atoms with Crippen molar-refractivity contribution in [2.75, 3.05) is 5.75 Å². The summed E-state index contributed by atoms with van der Waals surface area (Å²) in [5, 5.41) is 16.8. The Kier molecular flexibility index (Phi) is 5.43. The number of aryl methyl sites for hydroxylation is 3. The summed E-state index contributed by atoms with van der Waals surface area (Å²) >= 11 is 1.40. The lowest BCUT2D eigenvalue weighted by atomic mass is 9.88. The van der Waals surface area contributed by atoms with Crippen molar-refractivity contribution < 1.29 is 4.79 Å². The topological polar surface area (TPSA) is 72.7 Å². The van der Waals surface area contributed by atoms with E-state index < -0.39 is 0 Å². The Morgan fingerprint density at radius 3 is 2.82 bits per heavy atom. The molecule has 0 saturated heterocycles. The number of carbonyl (C=O) groups is 1. The molecule has 7 heteroatoms. The van der Waals surface area contributed by atoms with Gasteiger partial charge < -0.3 is 5.32 Å². The molecule has 1 aromatic carbocycles. The second-order valence-corrected chi connectivity index (χ2v) is 8.06. The molecule has 144 valence electrons. The van der Waals surface area contributed by atoms with Crippen molar-refractivity contribution in [3.05, 3.63) is 65.0 Å². The van der Waals surface area contributed by atoms with Crippen LogP contribution in [-0.4, -0.2) is 31.6 Å². The summed E-state index contributed by atoms with van der Waals surface area (Å²) in [7, 11) is 0. The lowest BCUT2D eigenvalue weighted by Crippen LogP contribution is -2.32. The Balaban J connectivity index is 1.35. The molecule has 1 amide bonds. The van der Waals surface area contributed by atoms with E-state index in [4.69, 9.17) is 0 Å². The van der Waals surface area contributed by atoms with E-state index in [0.29, 0.717) is 11.6 Å². The number of carbonyl (C=O) groups excluding carboxylic acids is 1. The maximum atomic E-state index is 12.4. The number of aromatic nitrogens is 4. The lowest BCUT2D eigenvalue weighted by Gasteiger charge is -2.26. The molecule has 0 spiro atoms. The highest BCUT2D eigenvalue weighted by molar-refractivity contribution is 7.99. The van der Waals surface area contributed by atoms with Gasteiger partial charge in [-0.05, 0) is 62.4 Å². The summed E-state index contributed by atoms with van der Waals surface area (Å²) < 4.78 is 1.77. The van der Waals surface area contributed by atoms with Crippen LogP contribution in [0, 0.1) is 13.8 Å². The van der Waals surface area contributed by atoms with E-state index in [1.807, 2.05) is 38.1 Å². The van der Waals surface area contributed by atoms with Gasteiger partial charge in [0.25, 0.3) is 0 Å². The molecule has 1 aliphatic carbocycles. The third-order valence-electron chi connectivity index (χ3n) is 4.91. The standard InChI is InChI=1S/C21H23N5OS/c1-14-12-15(2)26(25-14)19-10-11-21(24-23-19)28-13-20(27)22-18-9-5-7-16-6-3-4-8-17(16)18/h3-4,6,8,10-12,18H,5,7,9,13H2,1-2H3,(H,22,27). The number of amides is 1. The van der Waals surface area contributed by atoms with E-state index in [2.05, 4.69) is 38.8 Å². The second kappa shape index (κ2) is 8.14. The molecule has 2 aromatic heterocycles. The van der Waals surface area contributed by atoms with Gasteiger partial charge in [-0.2, -0.15) is 5.10 Å². The van der Waals surface area contributed by atoms with Gasteiger partial charge in [0.15, 0.2) is 5.82 Å². The first-order valence-electron chi connectivity index (χ1n) is 9.47. The molecule has 3 aromatic rings. The van der Waals surface area contributed by atoms with Gasteiger partial charge in [0.05, 0.1) is 17.5 Å². The fraction of sp³-hybridized carbons (Fsp3) is 0.333. The van der Waals surface area contributed by atoms with E-state index in [-0.39, 0.29) is 11.9 Å². The van der Waals surface area contributed by atoms with Crippen LogP contribution in [0.5, 0.6) is 0 Å². The van der Waals surface area contributed by atoms with E-state index in [0.717, 1.165) is 35.7 Å². The van der Waals surface area contributed by atoms with Crippen molar-refractivity contribution in [1.82, 2.24) is 25.3 Å². The zero-order chi connectivity index (χ0) is 19.5. The molecule has 0 saturated carbocycles. The molecule has 1 aliphatic rings. The van der Waals surface area contributed by atoms with Crippen LogP contribution in [0.15, 0.2) is 47.5 Å². The van der Waals surface area contributed by atoms with Crippen LogP contribution in [0.1, 0.15) is 41.4 Å². The van der Waals surface area contributed by atoms with Gasteiger partial charge in [0.1, 0.15) is 5.03 Å². The predicted molar refractivity (Wildman–Crippen MR) is 110 cm³/mol. The molecule has 28 heavy (non-hydrogen) atoms. The zero-order valence-corrected chi connectivity index (χ0v) is 16.9. The number of nitrogens with one attached hydrogen (secondary N) is 1. The molecular formula is C21H23N5OS. The van der Waals surface area contributed by atoms with Gasteiger partial charge in [-0.3, -0.25) is 4.79 Å². The van der Waals surface area contributed by atoms with Crippen molar-refractivity contribution in [1.29, 1.82) is 0 Å². The normalized spacial score (nSPS) is 15.9. The number of nitrogens with zero attached hydrogens (tertiary/aromatic N) is 4. The Morgan fingerprint density at radius 1 is 1.21 bits per heavy atom. The Bertz CT molecular complexity index is 983. The third-order valence-corrected chi connectivity index (χ3v) is 5.83. The number of thioether (sulfide) groups is 1. The van der Waals surface area contributed by atoms with Crippen LogP contribution in [-0.2, 0) is 11.2 Å². The average Bonchev–Trinajstić information content (AvgIpc) is 3.05. The number of benzene rings is 1. The first kappa shape index (κ1) is 18.7. The first-order chi connectivity index (χ1) is 13.6. The van der Waals surface area contributed by atoms with Gasteiger partial charge in [-0.15, -0.1) is 10.2 Å². The minimum Gasteiger partial charge on any atom is -0.349 e. The fourth-order valence-electron chi connectivity index (χ4n) is 3.64. The van der Waals surface area contributed by atoms with Crippen LogP contribution in [0.2, 0.25) is 0 Å². The molecule has 6 nitrogen and oxygen atoms in total. The van der Waals surface area contributed by atoms with Gasteiger partial charge >= 0.3 is 0 Å². The number of fused-ring (bicyclic) bond motifs is 1. The minimum absolute atomic E-state index is 0.0242. The molecule has 2 heterocycles. The molecular weight excluding hydrogens is 370 g/mol. The summed E-state index contributed by atoms with van der Waals surface area (Å²) in [4.78, 5) is 12.4. The van der Waals surface area contributed by atoms with E-state index in [1.54, 1.807) is 4.68 Å². The minimum atomic E-state index is 0.0242. The number of hydrogen-bond acceptors (Lipinski definition) is 5. The first-order valence-corrected chi connectivity index (χ1v) is 10.5. The SMILES string of the molecule is Cc1cc(C)n(-c2ccc(SCC(=O)NC3CCCc4ccccc43)nn2)n1. The molecule has 0 radical (unpaired) electrons. The highest BCUT2D eigenvalue weighted by atomic mass is 32.2. The predicted octanol–water partition coefficient (Wildman–Crippen LogP) is 3.57. The summed E-state index contributed by atoms with van der Waals surface area (Å²) in [6.07, 6.45) is 3.19. The molecule has 1 atom stereocenters. The summed E-state index contributed by atoms with van der Waals surface area (Å²) in [6.45, 7) is 3.93. The highest BCUT2D eigenvalue weighted by Gasteiger charge is 2.21. The molecule has 0 bridgehead atoms. The van der Waals surface area contributed by atoms with Crippen LogP contribution in [0.4, 0.5) is 0 Å². The van der Waals surface area contributed by atoms with Crippen molar-refractivity contribution in [3.63, 3.8) is 0 Å². The van der Waals surface area contributed by atoms with Crippen LogP contribution in [0.25, 0.3) is 5.82 Å². The second-order valence-electron chi connectivity index (χ2n) is 7.07. The van der Waals surface area contributed by atoms with Crippen molar-refractivity contribution in [2.24, 2.45) is 0 Å². The summed E-state index contributed by atoms with van der Waals surface area (Å²) in [5.74, 6) is 1.03. The third kappa shape index (κ3) is 4.09. The monoisotopic (exact) mass is 393 g/mol. The molecule has 0 fully saturated rings. The smallest absolute Gasteiger partial charge is 0.230 e. The number of rotatable bonds is 5. The fourth-order valence-corrected chi connectivity index (χ4v) is 4.27. The summed E-state index contributed by atoms with van der Waals surface area (Å²) in [5.41, 5.74) is 4.55. The van der Waals surface area contributed by atoms with Crippen LogP contribution in [0.3, 0.4) is 0 Å². The van der Waals surface area contributed by atoms with E-state index >= 15 is 0 Å². The summed E-state index contributed by atoms with van der Waals surface area (Å²) in [6, 6.07) is 14.2. The average molecular weight is 394 g/mol. The van der Waals surface area contributed by atoms with Crippen LogP contribution < -0.4 is 5.32 Å². The molecule has 1 unspecified atom stereocenters. The Morgan fingerprint density at radius 2 is 2.07 bits per heavy atom. The van der Waals surface area contributed by atoms with Crippen molar-refractivity contribution in [2.45, 2.75) is 44.2 Å². The number of hydrogen-bond donors (Lipinski definition) is 1. The Hall–Kier alpha value is -2.67. The Labute approximate surface area is 168 Å². The quantitative estimate of drug-likeness (QED) is 0.671. The largest absolute Gasteiger partial charge is 0.349 e. The van der Waals surface area contributed by atoms with Crippen LogP contribution >= 0.6 is 11.8 Å². The van der Waals surface area contributed by atoms with Crippen molar-refractivity contribution in [3.8, 4) is 5.82 Å². The van der Waals surface area contributed by atoms with Gasteiger partial charge in [0, 0.05) is 5.69 Å². The van der Waals surface area contributed by atoms with Gasteiger partial charge in [0.2, 0.25) is 5.91 Å². The lowest BCUT2D eigenvalue weighted by molar-refractivity contribution is -0.119. The molecule has 4 rings (SSSR count). The molecule has 0 aliphatic heterocycles. The van der Waals surface area contributed by atoms with Crippen molar-refractivity contribution >= 4 is 17.7 Å². The van der Waals surface area contributed by atoms with Gasteiger partial charge in [-0.25, -0.2) is 4.68 Å². The highest BCUT2D eigenvalue weighted by Crippen LogP contribution is 2.29. The van der Waals surface area contributed by atoms with E-state index in [9.17, 15) is 4.79 Å². The van der Waals surface area contributed by atoms with Gasteiger partial charge in [-0.1, -0.05) is 36.0 Å².